The summed E-state index contributed by atoms with van der Waals surface area (Å²) in [4.78, 5) is 2.65. The molecule has 2 aliphatic rings. The van der Waals surface area contributed by atoms with Gasteiger partial charge in [0, 0.05) is 25.7 Å². The molecule has 0 aliphatic heterocycles. The molecule has 0 amide bonds. The van der Waals surface area contributed by atoms with Crippen molar-refractivity contribution in [3.05, 3.63) is 22.4 Å². The van der Waals surface area contributed by atoms with E-state index in [1.54, 1.807) is 0 Å². The van der Waals surface area contributed by atoms with Gasteiger partial charge < -0.3 is 5.32 Å². The maximum Gasteiger partial charge on any atom is 0.0245 e. The molecule has 2 aliphatic carbocycles. The van der Waals surface area contributed by atoms with Crippen LogP contribution in [0.3, 0.4) is 0 Å². The van der Waals surface area contributed by atoms with Gasteiger partial charge in [-0.3, -0.25) is 4.90 Å². The maximum atomic E-state index is 3.60. The summed E-state index contributed by atoms with van der Waals surface area (Å²) in [6, 6.07) is 3.13. The van der Waals surface area contributed by atoms with E-state index in [2.05, 4.69) is 27.0 Å². The molecule has 0 unspecified atom stereocenters. The van der Waals surface area contributed by atoms with Crippen LogP contribution in [-0.4, -0.2) is 30.6 Å². The van der Waals surface area contributed by atoms with E-state index in [0.29, 0.717) is 0 Å². The Morgan fingerprint density at radius 2 is 2.18 bits per heavy atom. The van der Waals surface area contributed by atoms with E-state index in [1.165, 1.54) is 44.3 Å². The van der Waals surface area contributed by atoms with Crippen LogP contribution in [0.4, 0.5) is 0 Å². The lowest BCUT2D eigenvalue weighted by Gasteiger charge is -2.21. The van der Waals surface area contributed by atoms with Gasteiger partial charge in [0.1, 0.15) is 0 Å². The van der Waals surface area contributed by atoms with Crippen molar-refractivity contribution in [1.82, 2.24) is 10.2 Å². The third kappa shape index (κ3) is 3.80. The fourth-order valence-electron chi connectivity index (χ4n) is 2.30. The normalized spacial score (nSPS) is 20.1. The topological polar surface area (TPSA) is 15.3 Å². The van der Waals surface area contributed by atoms with Gasteiger partial charge in [-0.1, -0.05) is 0 Å². The van der Waals surface area contributed by atoms with E-state index in [-0.39, 0.29) is 0 Å². The number of hydrogen-bond acceptors (Lipinski definition) is 3. The predicted octanol–water partition coefficient (Wildman–Crippen LogP) is 2.71. The molecule has 2 fully saturated rings. The summed E-state index contributed by atoms with van der Waals surface area (Å²) in [5.74, 6) is 1.00. The number of hydrogen-bond donors (Lipinski definition) is 1. The number of thiophene rings is 1. The van der Waals surface area contributed by atoms with Crippen molar-refractivity contribution in [3.8, 4) is 0 Å². The molecule has 1 aromatic heterocycles. The molecule has 0 saturated heterocycles. The standard InChI is InChI=1S/C14H22N2S/c1-2-12(1)9-15-6-7-16(14-3-4-14)10-13-5-8-17-11-13/h5,8,11-12,14-15H,1-4,6-7,9-10H2. The summed E-state index contributed by atoms with van der Waals surface area (Å²) in [5.41, 5.74) is 1.49. The quantitative estimate of drug-likeness (QED) is 0.714. The maximum absolute atomic E-state index is 3.60. The minimum Gasteiger partial charge on any atom is -0.315 e. The Bertz CT molecular complexity index is 328. The minimum absolute atomic E-state index is 0.873. The highest BCUT2D eigenvalue weighted by Crippen LogP contribution is 2.29. The SMILES string of the molecule is c1cc(CN(CCNCC2CC2)C2CC2)cs1. The van der Waals surface area contributed by atoms with E-state index >= 15 is 0 Å². The van der Waals surface area contributed by atoms with E-state index in [1.807, 2.05) is 11.3 Å². The first-order valence-electron chi connectivity index (χ1n) is 6.87. The zero-order valence-electron chi connectivity index (χ0n) is 10.4. The van der Waals surface area contributed by atoms with Crippen molar-refractivity contribution < 1.29 is 0 Å². The van der Waals surface area contributed by atoms with Crippen molar-refractivity contribution in [2.75, 3.05) is 19.6 Å². The summed E-state index contributed by atoms with van der Waals surface area (Å²) in [7, 11) is 0. The summed E-state index contributed by atoms with van der Waals surface area (Å²) < 4.78 is 0. The van der Waals surface area contributed by atoms with Crippen LogP contribution >= 0.6 is 11.3 Å². The van der Waals surface area contributed by atoms with Crippen molar-refractivity contribution in [3.63, 3.8) is 0 Å². The highest BCUT2D eigenvalue weighted by atomic mass is 32.1. The lowest BCUT2D eigenvalue weighted by atomic mass is 10.3. The van der Waals surface area contributed by atoms with Gasteiger partial charge in [-0.15, -0.1) is 0 Å². The van der Waals surface area contributed by atoms with E-state index in [9.17, 15) is 0 Å². The van der Waals surface area contributed by atoms with Crippen molar-refractivity contribution in [1.29, 1.82) is 0 Å². The first kappa shape index (κ1) is 11.7. The molecule has 3 heteroatoms. The van der Waals surface area contributed by atoms with Crippen LogP contribution in [0.25, 0.3) is 0 Å². The highest BCUT2D eigenvalue weighted by Gasteiger charge is 2.28. The summed E-state index contributed by atoms with van der Waals surface area (Å²) in [6.45, 7) is 4.78. The second-order valence-electron chi connectivity index (χ2n) is 5.48. The van der Waals surface area contributed by atoms with Gasteiger partial charge >= 0.3 is 0 Å². The molecular formula is C14H22N2S. The monoisotopic (exact) mass is 250 g/mol. The van der Waals surface area contributed by atoms with Gasteiger partial charge in [0.15, 0.2) is 0 Å². The van der Waals surface area contributed by atoms with Gasteiger partial charge in [-0.05, 0) is 60.5 Å². The Balaban J connectivity index is 1.39. The lowest BCUT2D eigenvalue weighted by Crippen LogP contribution is -2.34. The fraction of sp³-hybridized carbons (Fsp3) is 0.714. The average Bonchev–Trinajstić information content (AvgIpc) is 3.24. The van der Waals surface area contributed by atoms with E-state index in [0.717, 1.165) is 25.0 Å². The summed E-state index contributed by atoms with van der Waals surface area (Å²) >= 11 is 1.81. The predicted molar refractivity (Wildman–Crippen MR) is 73.3 cm³/mol. The average molecular weight is 250 g/mol. The second-order valence-corrected chi connectivity index (χ2v) is 6.26. The van der Waals surface area contributed by atoms with Crippen LogP contribution in [0.1, 0.15) is 31.2 Å². The number of rotatable bonds is 8. The van der Waals surface area contributed by atoms with Crippen LogP contribution in [0.5, 0.6) is 0 Å². The fourth-order valence-corrected chi connectivity index (χ4v) is 2.96. The van der Waals surface area contributed by atoms with Crippen molar-refractivity contribution in [2.24, 2.45) is 5.92 Å². The van der Waals surface area contributed by atoms with Gasteiger partial charge in [0.05, 0.1) is 0 Å². The van der Waals surface area contributed by atoms with Crippen LogP contribution in [0.2, 0.25) is 0 Å². The van der Waals surface area contributed by atoms with E-state index < -0.39 is 0 Å². The van der Waals surface area contributed by atoms with Crippen LogP contribution in [-0.2, 0) is 6.54 Å². The molecule has 1 aromatic rings. The van der Waals surface area contributed by atoms with Crippen molar-refractivity contribution in [2.45, 2.75) is 38.3 Å². The molecule has 2 nitrogen and oxygen atoms in total. The molecule has 0 aromatic carbocycles. The molecule has 94 valence electrons. The highest BCUT2D eigenvalue weighted by molar-refractivity contribution is 7.07. The molecule has 1 heterocycles. The van der Waals surface area contributed by atoms with Crippen LogP contribution in [0, 0.1) is 5.92 Å². The minimum atomic E-state index is 0.873. The lowest BCUT2D eigenvalue weighted by molar-refractivity contribution is 0.254. The molecule has 0 atom stereocenters. The van der Waals surface area contributed by atoms with Gasteiger partial charge in [-0.2, -0.15) is 11.3 Å². The Kier molecular flexibility index (Phi) is 3.79. The Labute approximate surface area is 108 Å². The van der Waals surface area contributed by atoms with Gasteiger partial charge in [0.2, 0.25) is 0 Å². The van der Waals surface area contributed by atoms with Crippen molar-refractivity contribution >= 4 is 11.3 Å². The molecule has 3 rings (SSSR count). The third-order valence-electron chi connectivity index (χ3n) is 3.73. The second kappa shape index (κ2) is 5.51. The zero-order chi connectivity index (χ0) is 11.5. The molecule has 0 radical (unpaired) electrons. The van der Waals surface area contributed by atoms with Crippen LogP contribution in [0.15, 0.2) is 16.8 Å². The van der Waals surface area contributed by atoms with E-state index in [4.69, 9.17) is 0 Å². The smallest absolute Gasteiger partial charge is 0.0245 e. The van der Waals surface area contributed by atoms with Gasteiger partial charge in [0.25, 0.3) is 0 Å². The Hall–Kier alpha value is -0.380. The summed E-state index contributed by atoms with van der Waals surface area (Å²) in [5, 5.41) is 8.07. The number of nitrogens with one attached hydrogen (secondary N) is 1. The Morgan fingerprint density at radius 1 is 1.29 bits per heavy atom. The van der Waals surface area contributed by atoms with Gasteiger partial charge in [-0.25, -0.2) is 0 Å². The Morgan fingerprint density at radius 3 is 2.82 bits per heavy atom. The molecule has 2 saturated carbocycles. The van der Waals surface area contributed by atoms with Crippen LogP contribution < -0.4 is 5.32 Å². The molecular weight excluding hydrogens is 228 g/mol. The first-order chi connectivity index (χ1) is 8.42. The molecule has 0 spiro atoms. The molecule has 17 heavy (non-hydrogen) atoms. The summed E-state index contributed by atoms with van der Waals surface area (Å²) in [6.07, 6.45) is 5.72. The third-order valence-corrected chi connectivity index (χ3v) is 4.47. The largest absolute Gasteiger partial charge is 0.315 e. The molecule has 1 N–H and O–H groups in total. The zero-order valence-corrected chi connectivity index (χ0v) is 11.2. The molecule has 0 bridgehead atoms. The number of nitrogens with zero attached hydrogens (tertiary/aromatic N) is 1. The first-order valence-corrected chi connectivity index (χ1v) is 7.82.